The van der Waals surface area contributed by atoms with E-state index in [1.807, 2.05) is 31.0 Å². The topological polar surface area (TPSA) is 35.8 Å². The first-order chi connectivity index (χ1) is 9.10. The molecule has 1 aromatic carbocycles. The summed E-state index contributed by atoms with van der Waals surface area (Å²) in [6.45, 7) is 5.54. The Bertz CT molecular complexity index is 473. The standard InChI is InChI=1S/C15H21ClN2O/c1-3-13(19)10-18-8-4-5-15(17-18)12-6-7-14(16)11(2)9-12/h6-7,9,13,19H,3-5,8,10H2,1-2H3. The van der Waals surface area contributed by atoms with Gasteiger partial charge in [-0.3, -0.25) is 5.01 Å². The summed E-state index contributed by atoms with van der Waals surface area (Å²) in [6, 6.07) is 6.03. The van der Waals surface area contributed by atoms with E-state index in [2.05, 4.69) is 11.2 Å². The zero-order valence-corrected chi connectivity index (χ0v) is 12.3. The first-order valence-corrected chi connectivity index (χ1v) is 7.25. The highest BCUT2D eigenvalue weighted by molar-refractivity contribution is 6.31. The van der Waals surface area contributed by atoms with Crippen LogP contribution >= 0.6 is 11.6 Å². The second kappa shape index (κ2) is 6.40. The van der Waals surface area contributed by atoms with E-state index in [0.29, 0.717) is 6.54 Å². The zero-order chi connectivity index (χ0) is 13.8. The number of benzene rings is 1. The molecule has 1 aliphatic rings. The van der Waals surface area contributed by atoms with Crippen molar-refractivity contribution in [3.05, 3.63) is 34.3 Å². The minimum absolute atomic E-state index is 0.296. The summed E-state index contributed by atoms with van der Waals surface area (Å²) in [5.41, 5.74) is 3.31. The van der Waals surface area contributed by atoms with Gasteiger partial charge >= 0.3 is 0 Å². The van der Waals surface area contributed by atoms with Gasteiger partial charge in [-0.2, -0.15) is 5.10 Å². The molecule has 0 aliphatic carbocycles. The van der Waals surface area contributed by atoms with Crippen molar-refractivity contribution >= 4 is 17.3 Å². The monoisotopic (exact) mass is 280 g/mol. The maximum Gasteiger partial charge on any atom is 0.0729 e. The molecule has 0 fully saturated rings. The molecule has 4 heteroatoms. The van der Waals surface area contributed by atoms with Gasteiger partial charge in [0, 0.05) is 11.6 Å². The molecule has 1 aromatic rings. The molecule has 1 heterocycles. The fraction of sp³-hybridized carbons (Fsp3) is 0.533. The molecule has 0 bridgehead atoms. The fourth-order valence-electron chi connectivity index (χ4n) is 2.23. The summed E-state index contributed by atoms with van der Waals surface area (Å²) >= 11 is 6.05. The molecule has 0 saturated heterocycles. The third-order valence-corrected chi connectivity index (χ3v) is 3.90. The summed E-state index contributed by atoms with van der Waals surface area (Å²) < 4.78 is 0. The van der Waals surface area contributed by atoms with Crippen molar-refractivity contribution in [1.29, 1.82) is 0 Å². The van der Waals surface area contributed by atoms with Crippen molar-refractivity contribution < 1.29 is 5.11 Å². The van der Waals surface area contributed by atoms with Crippen molar-refractivity contribution in [2.24, 2.45) is 5.10 Å². The lowest BCUT2D eigenvalue weighted by Gasteiger charge is -2.27. The van der Waals surface area contributed by atoms with Crippen LogP contribution in [0.2, 0.25) is 5.02 Å². The first kappa shape index (κ1) is 14.4. The number of hydrogen-bond acceptors (Lipinski definition) is 3. The SMILES string of the molecule is CCC(O)CN1CCCC(c2ccc(Cl)c(C)c2)=N1. The number of aliphatic hydroxyl groups excluding tert-OH is 1. The molecule has 0 amide bonds. The van der Waals surface area contributed by atoms with E-state index in [1.165, 1.54) is 0 Å². The molecule has 0 spiro atoms. The first-order valence-electron chi connectivity index (χ1n) is 6.87. The normalized spacial score (nSPS) is 17.3. The average Bonchev–Trinajstić information content (AvgIpc) is 2.42. The Balaban J connectivity index is 2.16. The van der Waals surface area contributed by atoms with E-state index < -0.39 is 0 Å². The van der Waals surface area contributed by atoms with Crippen molar-refractivity contribution in [2.45, 2.75) is 39.2 Å². The molecular weight excluding hydrogens is 260 g/mol. The van der Waals surface area contributed by atoms with Crippen LogP contribution in [0.1, 0.15) is 37.3 Å². The maximum atomic E-state index is 9.72. The lowest BCUT2D eigenvalue weighted by Crippen LogP contribution is -2.33. The van der Waals surface area contributed by atoms with Gasteiger partial charge in [-0.05, 0) is 49.4 Å². The van der Waals surface area contributed by atoms with E-state index in [-0.39, 0.29) is 6.10 Å². The van der Waals surface area contributed by atoms with Crippen LogP contribution < -0.4 is 0 Å². The summed E-state index contributed by atoms with van der Waals surface area (Å²) in [4.78, 5) is 0. The van der Waals surface area contributed by atoms with Gasteiger partial charge in [0.15, 0.2) is 0 Å². The third kappa shape index (κ3) is 3.71. The van der Waals surface area contributed by atoms with E-state index in [9.17, 15) is 5.11 Å². The van der Waals surface area contributed by atoms with E-state index in [0.717, 1.165) is 47.7 Å². The van der Waals surface area contributed by atoms with Gasteiger partial charge in [-0.1, -0.05) is 24.6 Å². The second-order valence-corrected chi connectivity index (χ2v) is 5.50. The van der Waals surface area contributed by atoms with Gasteiger partial charge in [0.1, 0.15) is 0 Å². The van der Waals surface area contributed by atoms with E-state index in [4.69, 9.17) is 11.6 Å². The van der Waals surface area contributed by atoms with Crippen LogP contribution in [-0.2, 0) is 0 Å². The molecule has 0 radical (unpaired) electrons. The molecule has 1 atom stereocenters. The highest BCUT2D eigenvalue weighted by Gasteiger charge is 2.16. The summed E-state index contributed by atoms with van der Waals surface area (Å²) in [5.74, 6) is 0. The van der Waals surface area contributed by atoms with Gasteiger partial charge in [0.25, 0.3) is 0 Å². The lowest BCUT2D eigenvalue weighted by atomic mass is 10.0. The predicted molar refractivity (Wildman–Crippen MR) is 79.8 cm³/mol. The number of halogens is 1. The molecule has 104 valence electrons. The van der Waals surface area contributed by atoms with E-state index in [1.54, 1.807) is 0 Å². The molecular formula is C15H21ClN2O. The molecule has 1 aliphatic heterocycles. The smallest absolute Gasteiger partial charge is 0.0729 e. The zero-order valence-electron chi connectivity index (χ0n) is 11.6. The number of aryl methyl sites for hydroxylation is 1. The lowest BCUT2D eigenvalue weighted by molar-refractivity contribution is 0.108. The van der Waals surface area contributed by atoms with Crippen LogP contribution in [0.15, 0.2) is 23.3 Å². The molecule has 3 nitrogen and oxygen atoms in total. The van der Waals surface area contributed by atoms with Crippen LogP contribution in [0, 0.1) is 6.92 Å². The number of nitrogens with zero attached hydrogens (tertiary/aromatic N) is 2. The summed E-state index contributed by atoms with van der Waals surface area (Å²) in [5, 5.41) is 17.2. The Hall–Kier alpha value is -1.06. The van der Waals surface area contributed by atoms with Crippen LogP contribution in [0.5, 0.6) is 0 Å². The Morgan fingerprint density at radius 1 is 1.47 bits per heavy atom. The minimum Gasteiger partial charge on any atom is -0.391 e. The maximum absolute atomic E-state index is 9.72. The molecule has 0 aromatic heterocycles. The second-order valence-electron chi connectivity index (χ2n) is 5.09. The number of hydrazone groups is 1. The van der Waals surface area contributed by atoms with Gasteiger partial charge < -0.3 is 5.11 Å². The predicted octanol–water partition coefficient (Wildman–Crippen LogP) is 3.22. The summed E-state index contributed by atoms with van der Waals surface area (Å²) in [6.07, 6.45) is 2.54. The van der Waals surface area contributed by atoms with Crippen molar-refractivity contribution in [1.82, 2.24) is 5.01 Å². The average molecular weight is 281 g/mol. The van der Waals surface area contributed by atoms with Gasteiger partial charge in [-0.15, -0.1) is 0 Å². The number of aliphatic hydroxyl groups is 1. The molecule has 1 N–H and O–H groups in total. The number of hydrogen-bond donors (Lipinski definition) is 1. The highest BCUT2D eigenvalue weighted by Crippen LogP contribution is 2.20. The van der Waals surface area contributed by atoms with Crippen molar-refractivity contribution in [3.63, 3.8) is 0 Å². The van der Waals surface area contributed by atoms with Crippen LogP contribution in [-0.4, -0.2) is 35.0 Å². The fourth-order valence-corrected chi connectivity index (χ4v) is 2.35. The van der Waals surface area contributed by atoms with Crippen molar-refractivity contribution in [2.75, 3.05) is 13.1 Å². The van der Waals surface area contributed by atoms with Crippen LogP contribution in [0.4, 0.5) is 0 Å². The Labute approximate surface area is 119 Å². The third-order valence-electron chi connectivity index (χ3n) is 3.48. The Morgan fingerprint density at radius 2 is 2.26 bits per heavy atom. The Kier molecular flexibility index (Phi) is 4.83. The molecule has 0 saturated carbocycles. The molecule has 19 heavy (non-hydrogen) atoms. The van der Waals surface area contributed by atoms with Gasteiger partial charge in [0.2, 0.25) is 0 Å². The molecule has 1 unspecified atom stereocenters. The van der Waals surface area contributed by atoms with Crippen LogP contribution in [0.3, 0.4) is 0 Å². The van der Waals surface area contributed by atoms with E-state index >= 15 is 0 Å². The largest absolute Gasteiger partial charge is 0.391 e. The quantitative estimate of drug-likeness (QED) is 0.919. The number of rotatable bonds is 4. The van der Waals surface area contributed by atoms with Crippen LogP contribution in [0.25, 0.3) is 0 Å². The van der Waals surface area contributed by atoms with Gasteiger partial charge in [-0.25, -0.2) is 0 Å². The highest BCUT2D eigenvalue weighted by atomic mass is 35.5. The summed E-state index contributed by atoms with van der Waals surface area (Å²) in [7, 11) is 0. The minimum atomic E-state index is -0.296. The number of β-amino-alcohol motifs (C(OH)–C–C–N with tert-alkyl or cyclic N) is 1. The van der Waals surface area contributed by atoms with Crippen molar-refractivity contribution in [3.8, 4) is 0 Å². The molecule has 2 rings (SSSR count). The van der Waals surface area contributed by atoms with Gasteiger partial charge in [0.05, 0.1) is 18.4 Å². The Morgan fingerprint density at radius 3 is 2.95 bits per heavy atom.